The van der Waals surface area contributed by atoms with E-state index in [9.17, 15) is 18.4 Å². The number of rotatable bonds is 5. The van der Waals surface area contributed by atoms with Gasteiger partial charge in [0.05, 0.1) is 11.0 Å². The first-order valence-electron chi connectivity index (χ1n) is 5.70. The summed E-state index contributed by atoms with van der Waals surface area (Å²) < 4.78 is 26.2. The van der Waals surface area contributed by atoms with Crippen LogP contribution >= 0.6 is 0 Å². The molecule has 0 saturated heterocycles. The van der Waals surface area contributed by atoms with Gasteiger partial charge >= 0.3 is 5.97 Å². The summed E-state index contributed by atoms with van der Waals surface area (Å²) in [7, 11) is 0. The lowest BCUT2D eigenvalue weighted by molar-refractivity contribution is -0.147. The van der Waals surface area contributed by atoms with Crippen LogP contribution < -0.4 is 5.32 Å². The molecule has 1 aromatic carbocycles. The number of hydrogen-bond donors (Lipinski definition) is 2. The maximum Gasteiger partial charge on any atom is 0.309 e. The van der Waals surface area contributed by atoms with E-state index < -0.39 is 34.5 Å². The summed E-state index contributed by atoms with van der Waals surface area (Å²) in [6, 6.07) is 2.58. The van der Waals surface area contributed by atoms with Gasteiger partial charge in [-0.3, -0.25) is 9.59 Å². The number of carboxylic acid groups (broad SMARTS) is 1. The van der Waals surface area contributed by atoms with Crippen LogP contribution in [-0.4, -0.2) is 23.5 Å². The average molecular weight is 271 g/mol. The Morgan fingerprint density at radius 1 is 1.32 bits per heavy atom. The molecule has 1 amide bonds. The molecule has 1 aromatic rings. The molecule has 0 radical (unpaired) electrons. The molecule has 19 heavy (non-hydrogen) atoms. The highest BCUT2D eigenvalue weighted by molar-refractivity contribution is 5.94. The van der Waals surface area contributed by atoms with Gasteiger partial charge < -0.3 is 10.4 Å². The zero-order chi connectivity index (χ0) is 14.6. The molecule has 0 heterocycles. The number of benzene rings is 1. The van der Waals surface area contributed by atoms with Gasteiger partial charge in [0.15, 0.2) is 0 Å². The molecule has 0 unspecified atom stereocenters. The molecule has 0 aliphatic heterocycles. The standard InChI is InChI=1S/C13H15F2NO3/c1-13(2,12(18)19)5-6-16-11(17)9-7-8(14)3-4-10(9)15/h3-4,7H,5-6H2,1-2H3,(H,16,17)(H,18,19). The third-order valence-electron chi connectivity index (χ3n) is 2.79. The Hall–Kier alpha value is -1.98. The number of carbonyl (C=O) groups excluding carboxylic acids is 1. The maximum atomic E-state index is 13.3. The number of nitrogens with one attached hydrogen (secondary N) is 1. The molecule has 0 spiro atoms. The highest BCUT2D eigenvalue weighted by Gasteiger charge is 2.26. The number of aliphatic carboxylic acids is 1. The van der Waals surface area contributed by atoms with Crippen LogP contribution in [0.4, 0.5) is 8.78 Å². The summed E-state index contributed by atoms with van der Waals surface area (Å²) in [5.74, 6) is -3.29. The van der Waals surface area contributed by atoms with Gasteiger partial charge in [-0.15, -0.1) is 0 Å². The van der Waals surface area contributed by atoms with Crippen molar-refractivity contribution in [2.45, 2.75) is 20.3 Å². The monoisotopic (exact) mass is 271 g/mol. The van der Waals surface area contributed by atoms with Gasteiger partial charge in [0.1, 0.15) is 11.6 Å². The molecule has 4 nitrogen and oxygen atoms in total. The predicted octanol–water partition coefficient (Wildman–Crippen LogP) is 2.20. The minimum Gasteiger partial charge on any atom is -0.481 e. The van der Waals surface area contributed by atoms with E-state index in [1.807, 2.05) is 0 Å². The smallest absolute Gasteiger partial charge is 0.309 e. The topological polar surface area (TPSA) is 66.4 Å². The zero-order valence-electron chi connectivity index (χ0n) is 10.7. The molecule has 0 aliphatic rings. The molecule has 0 bridgehead atoms. The highest BCUT2D eigenvalue weighted by atomic mass is 19.1. The second kappa shape index (κ2) is 5.77. The van der Waals surface area contributed by atoms with Crippen molar-refractivity contribution in [2.75, 3.05) is 6.54 Å². The van der Waals surface area contributed by atoms with Crippen molar-refractivity contribution in [1.29, 1.82) is 0 Å². The molecule has 2 N–H and O–H groups in total. The second-order valence-corrected chi connectivity index (χ2v) is 4.82. The zero-order valence-corrected chi connectivity index (χ0v) is 10.7. The molecule has 104 valence electrons. The third kappa shape index (κ3) is 4.01. The summed E-state index contributed by atoms with van der Waals surface area (Å²) in [5.41, 5.74) is -1.39. The summed E-state index contributed by atoms with van der Waals surface area (Å²) >= 11 is 0. The van der Waals surface area contributed by atoms with Crippen molar-refractivity contribution >= 4 is 11.9 Å². The summed E-state index contributed by atoms with van der Waals surface area (Å²) in [4.78, 5) is 22.5. The van der Waals surface area contributed by atoms with Gasteiger partial charge in [-0.05, 0) is 38.5 Å². The molecule has 0 fully saturated rings. The Labute approximate surface area is 109 Å². The number of hydrogen-bond acceptors (Lipinski definition) is 2. The summed E-state index contributed by atoms with van der Waals surface area (Å²) in [6.45, 7) is 3.10. The van der Waals surface area contributed by atoms with Crippen LogP contribution in [0, 0.1) is 17.0 Å². The largest absolute Gasteiger partial charge is 0.481 e. The minimum absolute atomic E-state index is 0.0636. The van der Waals surface area contributed by atoms with Crippen molar-refractivity contribution in [3.63, 3.8) is 0 Å². The first-order valence-corrected chi connectivity index (χ1v) is 5.70. The van der Waals surface area contributed by atoms with Crippen LogP contribution in [0.5, 0.6) is 0 Å². The second-order valence-electron chi connectivity index (χ2n) is 4.82. The fourth-order valence-electron chi connectivity index (χ4n) is 1.36. The molecular formula is C13H15F2NO3. The van der Waals surface area contributed by atoms with Gasteiger partial charge in [0, 0.05) is 6.54 Å². The van der Waals surface area contributed by atoms with E-state index in [0.717, 1.165) is 18.2 Å². The van der Waals surface area contributed by atoms with E-state index in [1.165, 1.54) is 13.8 Å². The Morgan fingerprint density at radius 3 is 2.53 bits per heavy atom. The van der Waals surface area contributed by atoms with Gasteiger partial charge in [-0.1, -0.05) is 0 Å². The van der Waals surface area contributed by atoms with E-state index in [1.54, 1.807) is 0 Å². The molecule has 0 aliphatic carbocycles. The highest BCUT2D eigenvalue weighted by Crippen LogP contribution is 2.19. The Morgan fingerprint density at radius 2 is 1.95 bits per heavy atom. The Bertz CT molecular complexity index is 501. The van der Waals surface area contributed by atoms with Crippen LogP contribution in [0.1, 0.15) is 30.6 Å². The third-order valence-corrected chi connectivity index (χ3v) is 2.79. The fourth-order valence-corrected chi connectivity index (χ4v) is 1.36. The quantitative estimate of drug-likeness (QED) is 0.862. The number of carbonyl (C=O) groups is 2. The SMILES string of the molecule is CC(C)(CCNC(=O)c1cc(F)ccc1F)C(=O)O. The summed E-state index contributed by atoms with van der Waals surface area (Å²) in [5, 5.41) is 11.3. The van der Waals surface area contributed by atoms with Crippen LogP contribution in [0.3, 0.4) is 0 Å². The van der Waals surface area contributed by atoms with E-state index in [-0.39, 0.29) is 13.0 Å². The van der Waals surface area contributed by atoms with Crippen molar-refractivity contribution in [2.24, 2.45) is 5.41 Å². The summed E-state index contributed by atoms with van der Waals surface area (Å²) in [6.07, 6.45) is 0.186. The van der Waals surface area contributed by atoms with Crippen LogP contribution in [0.25, 0.3) is 0 Å². The van der Waals surface area contributed by atoms with Crippen molar-refractivity contribution < 1.29 is 23.5 Å². The molecule has 0 atom stereocenters. The number of halogens is 2. The van der Waals surface area contributed by atoms with Gasteiger partial charge in [0.2, 0.25) is 0 Å². The lowest BCUT2D eigenvalue weighted by atomic mass is 9.90. The number of amides is 1. The molecule has 6 heteroatoms. The first-order chi connectivity index (χ1) is 8.74. The van der Waals surface area contributed by atoms with E-state index in [0.29, 0.717) is 0 Å². The van der Waals surface area contributed by atoms with Crippen LogP contribution in [0.15, 0.2) is 18.2 Å². The normalized spacial score (nSPS) is 11.2. The minimum atomic E-state index is -0.992. The molecule has 1 rings (SSSR count). The lowest BCUT2D eigenvalue weighted by Gasteiger charge is -2.18. The fraction of sp³-hybridized carbons (Fsp3) is 0.385. The van der Waals surface area contributed by atoms with Gasteiger partial charge in [0.25, 0.3) is 5.91 Å². The number of carboxylic acids is 1. The lowest BCUT2D eigenvalue weighted by Crippen LogP contribution is -2.32. The first kappa shape index (κ1) is 15.1. The van der Waals surface area contributed by atoms with E-state index >= 15 is 0 Å². The average Bonchev–Trinajstić information content (AvgIpc) is 2.31. The van der Waals surface area contributed by atoms with Crippen molar-refractivity contribution in [3.8, 4) is 0 Å². The van der Waals surface area contributed by atoms with Gasteiger partial charge in [-0.25, -0.2) is 8.78 Å². The van der Waals surface area contributed by atoms with Crippen LogP contribution in [-0.2, 0) is 4.79 Å². The Kier molecular flexibility index (Phi) is 4.58. The van der Waals surface area contributed by atoms with Crippen LogP contribution in [0.2, 0.25) is 0 Å². The van der Waals surface area contributed by atoms with Gasteiger partial charge in [-0.2, -0.15) is 0 Å². The molecule has 0 saturated carbocycles. The van der Waals surface area contributed by atoms with Crippen molar-refractivity contribution in [1.82, 2.24) is 5.32 Å². The van der Waals surface area contributed by atoms with E-state index in [2.05, 4.69) is 5.32 Å². The van der Waals surface area contributed by atoms with Crippen molar-refractivity contribution in [3.05, 3.63) is 35.4 Å². The Balaban J connectivity index is 2.62. The molecular weight excluding hydrogens is 256 g/mol. The maximum absolute atomic E-state index is 13.3. The molecule has 0 aromatic heterocycles. The van der Waals surface area contributed by atoms with E-state index in [4.69, 9.17) is 5.11 Å². The predicted molar refractivity (Wildman–Crippen MR) is 64.7 cm³/mol.